The number of aromatic nitrogens is 3. The molecule has 0 amide bonds. The van der Waals surface area contributed by atoms with Gasteiger partial charge in [-0.1, -0.05) is 5.21 Å². The molecule has 2 heterocycles. The average molecular weight is 152 g/mol. The van der Waals surface area contributed by atoms with Gasteiger partial charge in [0.25, 0.3) is 0 Å². The summed E-state index contributed by atoms with van der Waals surface area (Å²) >= 11 is 0. The predicted molar refractivity (Wildman–Crippen MR) is 40.8 cm³/mol. The van der Waals surface area contributed by atoms with E-state index in [4.69, 9.17) is 0 Å². The summed E-state index contributed by atoms with van der Waals surface area (Å²) in [6.07, 6.45) is 6.28. The van der Waals surface area contributed by atoms with Crippen LogP contribution in [0.4, 0.5) is 0 Å². The third kappa shape index (κ3) is 1.57. The van der Waals surface area contributed by atoms with Crippen molar-refractivity contribution in [3.8, 4) is 0 Å². The summed E-state index contributed by atoms with van der Waals surface area (Å²) in [5, 5.41) is 7.66. The number of hydrogen-bond acceptors (Lipinski definition) is 3. The Bertz CT molecular complexity index is 200. The van der Waals surface area contributed by atoms with Crippen LogP contribution >= 0.6 is 0 Å². The van der Waals surface area contributed by atoms with E-state index in [1.807, 2.05) is 10.9 Å². The molecule has 0 spiro atoms. The summed E-state index contributed by atoms with van der Waals surface area (Å²) in [5.74, 6) is 0. The SMILES string of the molecule is c1cn(CN2CCCC2)nn1. The number of rotatable bonds is 2. The fourth-order valence-corrected chi connectivity index (χ4v) is 1.44. The summed E-state index contributed by atoms with van der Waals surface area (Å²) in [6.45, 7) is 3.32. The van der Waals surface area contributed by atoms with Crippen LogP contribution in [0.15, 0.2) is 12.4 Å². The largest absolute Gasteiger partial charge is 0.284 e. The van der Waals surface area contributed by atoms with E-state index in [2.05, 4.69) is 15.2 Å². The highest BCUT2D eigenvalue weighted by Gasteiger charge is 2.10. The Morgan fingerprint density at radius 2 is 2.09 bits per heavy atom. The summed E-state index contributed by atoms with van der Waals surface area (Å²) in [5.41, 5.74) is 0. The lowest BCUT2D eigenvalue weighted by Gasteiger charge is -2.12. The fourth-order valence-electron chi connectivity index (χ4n) is 1.44. The summed E-state index contributed by atoms with van der Waals surface area (Å²) < 4.78 is 1.87. The predicted octanol–water partition coefficient (Wildman–Crippen LogP) is 0.331. The Hall–Kier alpha value is -0.900. The van der Waals surface area contributed by atoms with Crippen molar-refractivity contribution in [1.82, 2.24) is 19.9 Å². The Kier molecular flexibility index (Phi) is 1.85. The lowest BCUT2D eigenvalue weighted by atomic mass is 10.4. The Morgan fingerprint density at radius 1 is 1.27 bits per heavy atom. The lowest BCUT2D eigenvalue weighted by molar-refractivity contribution is 0.252. The highest BCUT2D eigenvalue weighted by Crippen LogP contribution is 2.07. The topological polar surface area (TPSA) is 34.0 Å². The molecule has 2 rings (SSSR count). The Labute approximate surface area is 65.8 Å². The van der Waals surface area contributed by atoms with Crippen LogP contribution in [0, 0.1) is 0 Å². The van der Waals surface area contributed by atoms with Gasteiger partial charge in [0.1, 0.15) is 0 Å². The van der Waals surface area contributed by atoms with E-state index in [9.17, 15) is 0 Å². The molecule has 1 aromatic rings. The zero-order valence-electron chi connectivity index (χ0n) is 6.48. The van der Waals surface area contributed by atoms with Gasteiger partial charge in [0.2, 0.25) is 0 Å². The van der Waals surface area contributed by atoms with Gasteiger partial charge in [-0.15, -0.1) is 5.10 Å². The smallest absolute Gasteiger partial charge is 0.0946 e. The molecule has 1 aliphatic rings. The van der Waals surface area contributed by atoms with E-state index in [0.29, 0.717) is 0 Å². The minimum atomic E-state index is 0.903. The zero-order chi connectivity index (χ0) is 7.52. The molecule has 0 bridgehead atoms. The first-order chi connectivity index (χ1) is 5.45. The molecular formula is C7H12N4. The second-order valence-electron chi connectivity index (χ2n) is 2.91. The number of likely N-dealkylation sites (tertiary alicyclic amines) is 1. The first-order valence-corrected chi connectivity index (χ1v) is 4.01. The molecule has 4 nitrogen and oxygen atoms in total. The normalized spacial score (nSPS) is 19.3. The van der Waals surface area contributed by atoms with E-state index < -0.39 is 0 Å². The van der Waals surface area contributed by atoms with Crippen molar-refractivity contribution in [3.63, 3.8) is 0 Å². The first kappa shape index (κ1) is 6.79. The van der Waals surface area contributed by atoms with Crippen molar-refractivity contribution in [2.24, 2.45) is 0 Å². The van der Waals surface area contributed by atoms with Gasteiger partial charge in [-0.25, -0.2) is 4.68 Å². The molecule has 1 saturated heterocycles. The molecule has 0 aliphatic carbocycles. The summed E-state index contributed by atoms with van der Waals surface area (Å²) in [4.78, 5) is 2.38. The van der Waals surface area contributed by atoms with Crippen molar-refractivity contribution in [2.75, 3.05) is 13.1 Å². The van der Waals surface area contributed by atoms with Crippen LogP contribution in [0.1, 0.15) is 12.8 Å². The molecule has 1 aromatic heterocycles. The molecule has 0 atom stereocenters. The van der Waals surface area contributed by atoms with Crippen molar-refractivity contribution in [2.45, 2.75) is 19.5 Å². The van der Waals surface area contributed by atoms with Crippen LogP contribution in [0.3, 0.4) is 0 Å². The maximum absolute atomic E-state index is 3.90. The van der Waals surface area contributed by atoms with E-state index >= 15 is 0 Å². The summed E-state index contributed by atoms with van der Waals surface area (Å²) in [7, 11) is 0. The quantitative estimate of drug-likeness (QED) is 0.612. The van der Waals surface area contributed by atoms with Gasteiger partial charge in [-0.2, -0.15) is 0 Å². The zero-order valence-corrected chi connectivity index (χ0v) is 6.48. The van der Waals surface area contributed by atoms with Gasteiger partial charge < -0.3 is 0 Å². The second kappa shape index (κ2) is 3.00. The van der Waals surface area contributed by atoms with E-state index in [0.717, 1.165) is 6.67 Å². The monoisotopic (exact) mass is 152 g/mol. The third-order valence-corrected chi connectivity index (χ3v) is 2.02. The van der Waals surface area contributed by atoms with E-state index in [1.54, 1.807) is 6.20 Å². The Morgan fingerprint density at radius 3 is 2.73 bits per heavy atom. The van der Waals surface area contributed by atoms with E-state index in [1.165, 1.54) is 25.9 Å². The molecule has 0 aromatic carbocycles. The molecule has 1 aliphatic heterocycles. The molecule has 0 unspecified atom stereocenters. The molecule has 60 valence electrons. The molecule has 0 radical (unpaired) electrons. The molecule has 0 N–H and O–H groups in total. The minimum Gasteiger partial charge on any atom is -0.284 e. The second-order valence-corrected chi connectivity index (χ2v) is 2.91. The lowest BCUT2D eigenvalue weighted by Crippen LogP contribution is -2.23. The number of nitrogens with zero attached hydrogens (tertiary/aromatic N) is 4. The third-order valence-electron chi connectivity index (χ3n) is 2.02. The highest BCUT2D eigenvalue weighted by atomic mass is 15.5. The highest BCUT2D eigenvalue weighted by molar-refractivity contribution is 4.67. The van der Waals surface area contributed by atoms with E-state index in [-0.39, 0.29) is 0 Å². The summed E-state index contributed by atoms with van der Waals surface area (Å²) in [6, 6.07) is 0. The first-order valence-electron chi connectivity index (χ1n) is 4.01. The van der Waals surface area contributed by atoms with Crippen LogP contribution in [0.2, 0.25) is 0 Å². The Balaban J connectivity index is 1.90. The average Bonchev–Trinajstić information content (AvgIpc) is 2.60. The van der Waals surface area contributed by atoms with Crippen molar-refractivity contribution < 1.29 is 0 Å². The minimum absolute atomic E-state index is 0.903. The van der Waals surface area contributed by atoms with Crippen LogP contribution in [-0.4, -0.2) is 33.0 Å². The van der Waals surface area contributed by atoms with Crippen LogP contribution < -0.4 is 0 Å². The van der Waals surface area contributed by atoms with Gasteiger partial charge in [-0.05, 0) is 25.9 Å². The van der Waals surface area contributed by atoms with Gasteiger partial charge >= 0.3 is 0 Å². The van der Waals surface area contributed by atoms with Gasteiger partial charge in [0, 0.05) is 6.20 Å². The molecule has 4 heteroatoms. The van der Waals surface area contributed by atoms with Crippen molar-refractivity contribution >= 4 is 0 Å². The molecule has 1 fully saturated rings. The standard InChI is InChI=1S/C7H12N4/c1-2-5-10(4-1)7-11-6-3-8-9-11/h3,6H,1-2,4-5,7H2. The molecule has 0 saturated carbocycles. The van der Waals surface area contributed by atoms with Crippen molar-refractivity contribution in [1.29, 1.82) is 0 Å². The van der Waals surface area contributed by atoms with Crippen LogP contribution in [0.25, 0.3) is 0 Å². The van der Waals surface area contributed by atoms with Gasteiger partial charge in [0.15, 0.2) is 0 Å². The van der Waals surface area contributed by atoms with Gasteiger partial charge in [0.05, 0.1) is 12.9 Å². The maximum Gasteiger partial charge on any atom is 0.0946 e. The molecule has 11 heavy (non-hydrogen) atoms. The van der Waals surface area contributed by atoms with Crippen molar-refractivity contribution in [3.05, 3.63) is 12.4 Å². The number of hydrogen-bond donors (Lipinski definition) is 0. The van der Waals surface area contributed by atoms with Crippen LogP contribution in [0.5, 0.6) is 0 Å². The fraction of sp³-hybridized carbons (Fsp3) is 0.714. The van der Waals surface area contributed by atoms with Gasteiger partial charge in [-0.3, -0.25) is 4.90 Å². The van der Waals surface area contributed by atoms with Crippen LogP contribution in [-0.2, 0) is 6.67 Å². The maximum atomic E-state index is 3.90. The molecular weight excluding hydrogens is 140 g/mol.